The molecule has 0 amide bonds. The second-order valence-corrected chi connectivity index (χ2v) is 7.08. The molecule has 2 rings (SSSR count). The molecule has 0 aliphatic rings. The predicted octanol–water partition coefficient (Wildman–Crippen LogP) is 5.16. The number of nitrogens with zero attached hydrogens (tertiary/aromatic N) is 2. The van der Waals surface area contributed by atoms with Crippen molar-refractivity contribution >= 4 is 31.9 Å². The van der Waals surface area contributed by atoms with E-state index in [2.05, 4.69) is 4.99 Å². The third kappa shape index (κ3) is 7.24. The number of nitro groups is 1. The van der Waals surface area contributed by atoms with Crippen molar-refractivity contribution in [3.8, 4) is 5.75 Å². The van der Waals surface area contributed by atoms with Crippen LogP contribution in [0.2, 0.25) is 0 Å². The number of halogens is 1. The molecule has 25 heavy (non-hydrogen) atoms. The standard InChI is InChI=1S/C15H14N2O3.C2H4.CH3.ClH.Ru/c1-10-4-3-5-11(2)15(10)16-9-12-8-13(17(19)20)6-7-14(12)18;1-2;;;/h3-9,18H,1-2H3;1H,2H3;1H3;1H;/q;;-1;;+1/p-1. The number of para-hydroxylation sites is 1. The van der Waals surface area contributed by atoms with E-state index in [1.54, 1.807) is 0 Å². The number of aryl methyl sites for hydroxylation is 2. The third-order valence-electron chi connectivity index (χ3n) is 3.07. The summed E-state index contributed by atoms with van der Waals surface area (Å²) in [5.74, 6) is -0.0365. The zero-order valence-electron chi connectivity index (χ0n) is 14.5. The average molecular weight is 450 g/mol. The van der Waals surface area contributed by atoms with Crippen LogP contribution >= 0.6 is 9.69 Å². The molecule has 0 aliphatic heterocycles. The fourth-order valence-corrected chi connectivity index (χ4v) is 1.90. The number of rotatable bonds is 3. The molecular formula is C18H21ClN2O3Ru-. The van der Waals surface area contributed by atoms with Gasteiger partial charge in [0.15, 0.2) is 0 Å². The number of nitro benzene ring substituents is 1. The number of hydrogen-bond acceptors (Lipinski definition) is 4. The summed E-state index contributed by atoms with van der Waals surface area (Å²) in [5.41, 5.74) is 3.06. The summed E-state index contributed by atoms with van der Waals surface area (Å²) in [6, 6.07) is 9.66. The molecule has 0 fully saturated rings. The van der Waals surface area contributed by atoms with Crippen LogP contribution in [0.4, 0.5) is 11.4 Å². The van der Waals surface area contributed by atoms with Crippen molar-refractivity contribution in [3.63, 3.8) is 0 Å². The van der Waals surface area contributed by atoms with Crippen LogP contribution in [0.1, 0.15) is 23.6 Å². The van der Waals surface area contributed by atoms with E-state index < -0.39 is 4.92 Å². The van der Waals surface area contributed by atoms with Gasteiger partial charge in [0, 0.05) is 23.9 Å². The van der Waals surface area contributed by atoms with Gasteiger partial charge in [-0.15, -0.1) is 0 Å². The van der Waals surface area contributed by atoms with Gasteiger partial charge in [-0.2, -0.15) is 0 Å². The van der Waals surface area contributed by atoms with Crippen LogP contribution in [0.25, 0.3) is 0 Å². The number of aromatic hydroxyl groups is 1. The topological polar surface area (TPSA) is 75.7 Å². The zero-order chi connectivity index (χ0) is 18.1. The van der Waals surface area contributed by atoms with Gasteiger partial charge in [0.25, 0.3) is 5.69 Å². The number of phenolic OH excluding ortho intramolecular Hbond substituents is 1. The molecule has 2 aromatic carbocycles. The molecule has 0 aliphatic carbocycles. The minimum absolute atomic E-state index is 0. The van der Waals surface area contributed by atoms with Gasteiger partial charge in [-0.05, 0) is 31.0 Å². The van der Waals surface area contributed by atoms with Crippen molar-refractivity contribution in [2.75, 3.05) is 0 Å². The van der Waals surface area contributed by atoms with Crippen molar-refractivity contribution in [2.45, 2.75) is 20.8 Å². The van der Waals surface area contributed by atoms with Crippen molar-refractivity contribution in [1.82, 2.24) is 0 Å². The van der Waals surface area contributed by atoms with Crippen LogP contribution in [0.5, 0.6) is 5.75 Å². The molecule has 0 radical (unpaired) electrons. The van der Waals surface area contributed by atoms with E-state index in [-0.39, 0.29) is 34.5 Å². The van der Waals surface area contributed by atoms with Gasteiger partial charge in [-0.3, -0.25) is 15.1 Å². The molecule has 7 heteroatoms. The summed E-state index contributed by atoms with van der Waals surface area (Å²) in [6.45, 7) is 5.84. The largest absolute Gasteiger partial charge is 0.507 e. The summed E-state index contributed by atoms with van der Waals surface area (Å²) in [6.07, 6.45) is 1.44. The van der Waals surface area contributed by atoms with Gasteiger partial charge in [0.1, 0.15) is 5.75 Å². The maximum atomic E-state index is 10.7. The van der Waals surface area contributed by atoms with E-state index in [4.69, 9.17) is 9.69 Å². The Kier molecular flexibility index (Phi) is 10.7. The van der Waals surface area contributed by atoms with Crippen LogP contribution in [-0.2, 0) is 15.7 Å². The molecule has 0 atom stereocenters. The summed E-state index contributed by atoms with van der Waals surface area (Å²) in [4.78, 5) is 14.6. The summed E-state index contributed by atoms with van der Waals surface area (Å²) >= 11 is 0.0867. The first-order valence-corrected chi connectivity index (χ1v) is 10.2. The monoisotopic (exact) mass is 450 g/mol. The van der Waals surface area contributed by atoms with Crippen molar-refractivity contribution in [1.29, 1.82) is 0 Å². The molecule has 0 saturated carbocycles. The van der Waals surface area contributed by atoms with Gasteiger partial charge in [0.05, 0.1) is 10.6 Å². The molecular weight excluding hydrogens is 429 g/mol. The number of phenols is 1. The minimum atomic E-state index is -0.504. The first-order valence-electron chi connectivity index (χ1n) is 6.98. The maximum absolute atomic E-state index is 10.7. The Labute approximate surface area is 159 Å². The molecule has 0 bridgehead atoms. The Hall–Kier alpha value is -1.91. The van der Waals surface area contributed by atoms with Gasteiger partial charge in [-0.25, -0.2) is 0 Å². The summed E-state index contributed by atoms with van der Waals surface area (Å²) < 4.78 is 1.98. The fourth-order valence-electron chi connectivity index (χ4n) is 1.90. The second kappa shape index (κ2) is 11.6. The number of benzene rings is 2. The molecule has 0 saturated heterocycles. The number of aliphatic imine (C=N–C) groups is 1. The fraction of sp³-hybridized carbons (Fsp3) is 0.167. The van der Waals surface area contributed by atoms with Crippen molar-refractivity contribution in [3.05, 3.63) is 70.6 Å². The minimum Gasteiger partial charge on any atom is -0.507 e. The molecule has 1 N–H and O–H groups in total. The second-order valence-electron chi connectivity index (χ2n) is 4.78. The zero-order valence-corrected chi connectivity index (χ0v) is 17.0. The van der Waals surface area contributed by atoms with Crippen LogP contribution in [0, 0.1) is 31.4 Å². The predicted molar refractivity (Wildman–Crippen MR) is 102 cm³/mol. The Morgan fingerprint density at radius 3 is 2.28 bits per heavy atom. The molecule has 0 unspecified atom stereocenters. The van der Waals surface area contributed by atoms with E-state index in [9.17, 15) is 15.2 Å². The quantitative estimate of drug-likeness (QED) is 0.231. The van der Waals surface area contributed by atoms with Crippen LogP contribution in [0.3, 0.4) is 0 Å². The molecule has 0 heterocycles. The van der Waals surface area contributed by atoms with Gasteiger partial charge in [0.2, 0.25) is 0 Å². The smallest absolute Gasteiger partial charge is 0.270 e. The van der Waals surface area contributed by atoms with Crippen molar-refractivity contribution in [2.24, 2.45) is 4.99 Å². The van der Waals surface area contributed by atoms with Crippen molar-refractivity contribution < 1.29 is 25.7 Å². The molecule has 0 spiro atoms. The molecule has 5 nitrogen and oxygen atoms in total. The van der Waals surface area contributed by atoms with Crippen LogP contribution < -0.4 is 0 Å². The first-order chi connectivity index (χ1) is 11.4. The van der Waals surface area contributed by atoms with Gasteiger partial charge < -0.3 is 12.5 Å². The van der Waals surface area contributed by atoms with Gasteiger partial charge >= 0.3 is 36.9 Å². The van der Waals surface area contributed by atoms with E-state index >= 15 is 0 Å². The Balaban J connectivity index is 0.00000104. The maximum Gasteiger partial charge on any atom is 0.270 e. The number of non-ortho nitro benzene ring substituents is 1. The van der Waals surface area contributed by atoms with Crippen LogP contribution in [-0.4, -0.2) is 20.9 Å². The Bertz CT molecular complexity index is 753. The van der Waals surface area contributed by atoms with E-state index in [0.717, 1.165) is 16.8 Å². The SMILES string of the molecule is C[CH]=[Ru][Cl].Cc1cccc(C)c1N=Cc1cc([N+](=O)[O-])ccc1O.[CH3-]. The third-order valence-corrected chi connectivity index (χ3v) is 4.36. The number of hydrogen-bond donors (Lipinski definition) is 1. The summed E-state index contributed by atoms with van der Waals surface area (Å²) in [5, 5.41) is 20.4. The van der Waals surface area contributed by atoms with E-state index in [0.29, 0.717) is 5.56 Å². The Morgan fingerprint density at radius 1 is 1.24 bits per heavy atom. The van der Waals surface area contributed by atoms with E-state index in [1.165, 1.54) is 24.4 Å². The van der Waals surface area contributed by atoms with Crippen LogP contribution in [0.15, 0.2) is 41.4 Å². The normalized spacial score (nSPS) is 10.6. The van der Waals surface area contributed by atoms with E-state index in [1.807, 2.05) is 43.6 Å². The molecule has 2 aromatic rings. The first kappa shape index (κ1) is 23.1. The van der Waals surface area contributed by atoms with Gasteiger partial charge in [-0.1, -0.05) is 18.2 Å². The summed E-state index contributed by atoms with van der Waals surface area (Å²) in [7, 11) is 5.22. The Morgan fingerprint density at radius 2 is 1.80 bits per heavy atom. The molecule has 137 valence electrons. The average Bonchev–Trinajstić information content (AvgIpc) is 2.56. The molecule has 0 aromatic heterocycles.